The van der Waals surface area contributed by atoms with E-state index in [0.29, 0.717) is 37.2 Å². The van der Waals surface area contributed by atoms with Crippen LogP contribution in [0.2, 0.25) is 0 Å². The van der Waals surface area contributed by atoms with Gasteiger partial charge >= 0.3 is 0 Å². The zero-order chi connectivity index (χ0) is 15.3. The fourth-order valence-corrected chi connectivity index (χ4v) is 4.68. The van der Waals surface area contributed by atoms with Gasteiger partial charge in [-0.25, -0.2) is 8.42 Å². The van der Waals surface area contributed by atoms with E-state index in [1.165, 1.54) is 28.5 Å². The highest BCUT2D eigenvalue weighted by atomic mass is 32.2. The second kappa shape index (κ2) is 7.69. The number of likely N-dealkylation sites (N-methyl/N-ethyl adjacent to an activating group) is 1. The molecule has 21 heavy (non-hydrogen) atoms. The Bertz CT molecular complexity index is 538. The molecule has 0 unspecified atom stereocenters. The number of hydrogen-bond acceptors (Lipinski definition) is 5. The van der Waals surface area contributed by atoms with Crippen LogP contribution in [0.4, 0.5) is 0 Å². The number of thiophene rings is 1. The molecule has 0 radical (unpaired) electrons. The Morgan fingerprint density at radius 1 is 1.43 bits per heavy atom. The minimum atomic E-state index is -3.40. The zero-order valence-corrected chi connectivity index (χ0v) is 14.3. The fraction of sp³-hybridized carbons (Fsp3) is 0.714. The Labute approximate surface area is 131 Å². The van der Waals surface area contributed by atoms with Crippen LogP contribution >= 0.6 is 11.3 Å². The summed E-state index contributed by atoms with van der Waals surface area (Å²) < 4.78 is 31.9. The predicted octanol–water partition coefficient (Wildman–Crippen LogP) is 2.05. The number of nitrogens with one attached hydrogen (secondary N) is 1. The average Bonchev–Trinajstić information content (AvgIpc) is 3.17. The molecule has 120 valence electrons. The third-order valence-electron chi connectivity index (χ3n) is 3.45. The van der Waals surface area contributed by atoms with Gasteiger partial charge in [0.05, 0.1) is 11.5 Å². The number of hydrogen-bond donors (Lipinski definition) is 1. The van der Waals surface area contributed by atoms with E-state index >= 15 is 0 Å². The summed E-state index contributed by atoms with van der Waals surface area (Å²) in [4.78, 5) is 1.47. The summed E-state index contributed by atoms with van der Waals surface area (Å²) in [5.41, 5.74) is 0. The van der Waals surface area contributed by atoms with E-state index < -0.39 is 10.0 Å². The molecule has 1 N–H and O–H groups in total. The lowest BCUT2D eigenvalue weighted by Gasteiger charge is -2.19. The monoisotopic (exact) mass is 332 g/mol. The van der Waals surface area contributed by atoms with E-state index in [1.54, 1.807) is 11.4 Å². The van der Waals surface area contributed by atoms with Crippen molar-refractivity contribution in [3.63, 3.8) is 0 Å². The van der Waals surface area contributed by atoms with Gasteiger partial charge in [-0.05, 0) is 25.8 Å². The quantitative estimate of drug-likeness (QED) is 0.666. The molecule has 0 atom stereocenters. The number of ether oxygens (including phenoxy) is 1. The van der Waals surface area contributed by atoms with Crippen LogP contribution in [0.25, 0.3) is 0 Å². The summed E-state index contributed by atoms with van der Waals surface area (Å²) in [5.74, 6) is 0. The van der Waals surface area contributed by atoms with Crippen molar-refractivity contribution in [3.8, 4) is 0 Å². The third-order valence-corrected chi connectivity index (χ3v) is 6.49. The molecule has 1 aliphatic carbocycles. The Morgan fingerprint density at radius 3 is 2.81 bits per heavy atom. The Hall–Kier alpha value is -0.470. The average molecular weight is 332 g/mol. The summed E-state index contributed by atoms with van der Waals surface area (Å²) >= 11 is 1.50. The van der Waals surface area contributed by atoms with Gasteiger partial charge in [0.1, 0.15) is 0 Å². The largest absolute Gasteiger partial charge is 0.380 e. The first kappa shape index (κ1) is 16.9. The second-order valence-electron chi connectivity index (χ2n) is 5.10. The Balaban J connectivity index is 1.98. The standard InChI is InChI=1S/C14H24N2O3S2/c1-3-16(7-8-19-4-2)21(17,18)14-9-13(20-11-14)10-15-12-5-6-12/h9,11-12,15H,3-8,10H2,1-2H3. The van der Waals surface area contributed by atoms with E-state index in [2.05, 4.69) is 5.32 Å². The van der Waals surface area contributed by atoms with Crippen molar-refractivity contribution in [3.05, 3.63) is 16.3 Å². The van der Waals surface area contributed by atoms with E-state index in [-0.39, 0.29) is 0 Å². The Morgan fingerprint density at radius 2 is 2.19 bits per heavy atom. The van der Waals surface area contributed by atoms with Gasteiger partial charge in [-0.3, -0.25) is 0 Å². The maximum Gasteiger partial charge on any atom is 0.243 e. The first-order chi connectivity index (χ1) is 10.1. The summed E-state index contributed by atoms with van der Waals surface area (Å²) in [5, 5.41) is 5.14. The van der Waals surface area contributed by atoms with Crippen molar-refractivity contribution in [1.29, 1.82) is 0 Å². The molecule has 0 aromatic carbocycles. The zero-order valence-electron chi connectivity index (χ0n) is 12.7. The van der Waals surface area contributed by atoms with Crippen molar-refractivity contribution in [1.82, 2.24) is 9.62 Å². The molecule has 1 fully saturated rings. The summed E-state index contributed by atoms with van der Waals surface area (Å²) in [6.07, 6.45) is 2.47. The van der Waals surface area contributed by atoms with E-state index in [9.17, 15) is 8.42 Å². The first-order valence-electron chi connectivity index (χ1n) is 7.46. The van der Waals surface area contributed by atoms with Crippen LogP contribution in [0, 0.1) is 0 Å². The first-order valence-corrected chi connectivity index (χ1v) is 9.78. The molecule has 2 rings (SSSR count). The van der Waals surface area contributed by atoms with Gasteiger partial charge in [0.25, 0.3) is 0 Å². The van der Waals surface area contributed by atoms with Gasteiger partial charge in [0.2, 0.25) is 10.0 Å². The van der Waals surface area contributed by atoms with Crippen molar-refractivity contribution >= 4 is 21.4 Å². The molecule has 1 heterocycles. The topological polar surface area (TPSA) is 58.6 Å². The van der Waals surface area contributed by atoms with Gasteiger partial charge < -0.3 is 10.1 Å². The third kappa shape index (κ3) is 4.75. The molecule has 5 nitrogen and oxygen atoms in total. The summed E-state index contributed by atoms with van der Waals surface area (Å²) in [6, 6.07) is 2.42. The lowest BCUT2D eigenvalue weighted by Crippen LogP contribution is -2.33. The smallest absolute Gasteiger partial charge is 0.243 e. The number of nitrogens with zero attached hydrogens (tertiary/aromatic N) is 1. The van der Waals surface area contributed by atoms with Gasteiger partial charge in [0.15, 0.2) is 0 Å². The van der Waals surface area contributed by atoms with Crippen LogP contribution in [0.5, 0.6) is 0 Å². The maximum absolute atomic E-state index is 12.6. The van der Waals surface area contributed by atoms with Gasteiger partial charge in [-0.1, -0.05) is 6.92 Å². The minimum Gasteiger partial charge on any atom is -0.380 e. The van der Waals surface area contributed by atoms with Crippen LogP contribution < -0.4 is 5.32 Å². The van der Waals surface area contributed by atoms with E-state index in [0.717, 1.165) is 11.4 Å². The maximum atomic E-state index is 12.6. The minimum absolute atomic E-state index is 0.401. The van der Waals surface area contributed by atoms with Crippen LogP contribution in [0.15, 0.2) is 16.3 Å². The van der Waals surface area contributed by atoms with Crippen LogP contribution in [-0.4, -0.2) is 45.1 Å². The lowest BCUT2D eigenvalue weighted by atomic mass is 10.4. The van der Waals surface area contributed by atoms with Crippen LogP contribution in [0.1, 0.15) is 31.6 Å². The molecule has 0 saturated heterocycles. The number of sulfonamides is 1. The SMILES string of the molecule is CCOCCN(CC)S(=O)(=O)c1csc(CNC2CC2)c1. The molecule has 0 aliphatic heterocycles. The fourth-order valence-electron chi connectivity index (χ4n) is 2.03. The Kier molecular flexibility index (Phi) is 6.19. The highest BCUT2D eigenvalue weighted by Gasteiger charge is 2.25. The highest BCUT2D eigenvalue weighted by Crippen LogP contribution is 2.24. The summed E-state index contributed by atoms with van der Waals surface area (Å²) in [6.45, 7) is 6.42. The van der Waals surface area contributed by atoms with Gasteiger partial charge in [0, 0.05) is 42.5 Å². The molecule has 0 bridgehead atoms. The molecule has 0 spiro atoms. The summed E-state index contributed by atoms with van der Waals surface area (Å²) in [7, 11) is -3.40. The molecule has 1 aromatic heterocycles. The molecular formula is C14H24N2O3S2. The van der Waals surface area contributed by atoms with Crippen molar-refractivity contribution in [2.24, 2.45) is 0 Å². The second-order valence-corrected chi connectivity index (χ2v) is 8.03. The molecule has 7 heteroatoms. The van der Waals surface area contributed by atoms with Gasteiger partial charge in [-0.15, -0.1) is 11.3 Å². The molecule has 0 amide bonds. The lowest BCUT2D eigenvalue weighted by molar-refractivity contribution is 0.135. The normalized spacial score (nSPS) is 15.8. The molecule has 1 saturated carbocycles. The molecule has 1 aromatic rings. The number of rotatable bonds is 10. The van der Waals surface area contributed by atoms with Crippen molar-refractivity contribution < 1.29 is 13.2 Å². The molecule has 1 aliphatic rings. The van der Waals surface area contributed by atoms with Crippen LogP contribution in [0.3, 0.4) is 0 Å². The van der Waals surface area contributed by atoms with Crippen LogP contribution in [-0.2, 0) is 21.3 Å². The van der Waals surface area contributed by atoms with Gasteiger partial charge in [-0.2, -0.15) is 4.31 Å². The highest BCUT2D eigenvalue weighted by molar-refractivity contribution is 7.89. The predicted molar refractivity (Wildman–Crippen MR) is 85.1 cm³/mol. The van der Waals surface area contributed by atoms with Crippen molar-refractivity contribution in [2.45, 2.75) is 44.2 Å². The molecular weight excluding hydrogens is 308 g/mol. The van der Waals surface area contributed by atoms with Crippen molar-refractivity contribution in [2.75, 3.05) is 26.3 Å². The van der Waals surface area contributed by atoms with E-state index in [1.807, 2.05) is 13.8 Å². The van der Waals surface area contributed by atoms with E-state index in [4.69, 9.17) is 4.74 Å².